The van der Waals surface area contributed by atoms with Crippen molar-refractivity contribution in [1.29, 1.82) is 0 Å². The monoisotopic (exact) mass is 396 g/mol. The summed E-state index contributed by atoms with van der Waals surface area (Å²) in [6, 6.07) is 7.40. The van der Waals surface area contributed by atoms with E-state index in [1.165, 1.54) is 7.05 Å². The minimum absolute atomic E-state index is 0.0232. The topological polar surface area (TPSA) is 81.8 Å². The lowest BCUT2D eigenvalue weighted by Gasteiger charge is -2.34. The van der Waals surface area contributed by atoms with Gasteiger partial charge in [-0.3, -0.25) is 19.3 Å². The molecule has 1 aliphatic heterocycles. The SMILES string of the molecule is CNC(=O)C(=O)NCCN1CCN(C(=O)c2ccccc2Br)CC1. The van der Waals surface area contributed by atoms with Crippen molar-refractivity contribution >= 4 is 33.7 Å². The van der Waals surface area contributed by atoms with E-state index in [1.54, 1.807) is 0 Å². The second-order valence-corrected chi connectivity index (χ2v) is 6.30. The zero-order valence-electron chi connectivity index (χ0n) is 13.5. The fourth-order valence-electron chi connectivity index (χ4n) is 2.50. The van der Waals surface area contributed by atoms with Gasteiger partial charge in [-0.25, -0.2) is 0 Å². The van der Waals surface area contributed by atoms with E-state index < -0.39 is 11.8 Å². The van der Waals surface area contributed by atoms with Crippen molar-refractivity contribution in [1.82, 2.24) is 20.4 Å². The normalized spacial score (nSPS) is 15.0. The first-order valence-electron chi connectivity index (χ1n) is 7.79. The van der Waals surface area contributed by atoms with Gasteiger partial charge in [0.1, 0.15) is 0 Å². The molecule has 0 radical (unpaired) electrons. The highest BCUT2D eigenvalue weighted by molar-refractivity contribution is 9.10. The fraction of sp³-hybridized carbons (Fsp3) is 0.438. The highest BCUT2D eigenvalue weighted by Crippen LogP contribution is 2.18. The van der Waals surface area contributed by atoms with E-state index in [0.29, 0.717) is 31.7 Å². The first-order valence-corrected chi connectivity index (χ1v) is 8.58. The zero-order valence-corrected chi connectivity index (χ0v) is 15.1. The summed E-state index contributed by atoms with van der Waals surface area (Å²) in [5.41, 5.74) is 0.670. The third-order valence-corrected chi connectivity index (χ3v) is 4.60. The predicted molar refractivity (Wildman–Crippen MR) is 93.6 cm³/mol. The Hall–Kier alpha value is -1.93. The molecule has 7 nitrogen and oxygen atoms in total. The van der Waals surface area contributed by atoms with Crippen molar-refractivity contribution in [3.8, 4) is 0 Å². The summed E-state index contributed by atoms with van der Waals surface area (Å²) in [4.78, 5) is 38.9. The minimum atomic E-state index is -0.640. The van der Waals surface area contributed by atoms with E-state index in [9.17, 15) is 14.4 Å². The quantitative estimate of drug-likeness (QED) is 0.705. The van der Waals surface area contributed by atoms with Gasteiger partial charge in [-0.15, -0.1) is 0 Å². The molecule has 0 aromatic heterocycles. The molecule has 1 saturated heterocycles. The summed E-state index contributed by atoms with van der Waals surface area (Å²) in [6.07, 6.45) is 0. The molecule has 1 fully saturated rings. The number of piperazine rings is 1. The molecular formula is C16H21BrN4O3. The molecule has 1 aromatic rings. The number of carbonyl (C=O) groups excluding carboxylic acids is 3. The van der Waals surface area contributed by atoms with E-state index in [-0.39, 0.29) is 5.91 Å². The maximum Gasteiger partial charge on any atom is 0.309 e. The van der Waals surface area contributed by atoms with Crippen LogP contribution >= 0.6 is 15.9 Å². The van der Waals surface area contributed by atoms with Crippen molar-refractivity contribution in [3.05, 3.63) is 34.3 Å². The van der Waals surface area contributed by atoms with Crippen LogP contribution in [-0.4, -0.2) is 73.8 Å². The van der Waals surface area contributed by atoms with Gasteiger partial charge in [-0.1, -0.05) is 12.1 Å². The number of amides is 3. The second kappa shape index (κ2) is 8.79. The van der Waals surface area contributed by atoms with E-state index in [1.807, 2.05) is 29.2 Å². The van der Waals surface area contributed by atoms with Gasteiger partial charge in [0.05, 0.1) is 5.56 Å². The van der Waals surface area contributed by atoms with Gasteiger partial charge in [0.15, 0.2) is 0 Å². The Morgan fingerprint density at radius 3 is 2.38 bits per heavy atom. The lowest BCUT2D eigenvalue weighted by atomic mass is 10.2. The molecule has 0 aliphatic carbocycles. The number of likely N-dealkylation sites (N-methyl/N-ethyl adjacent to an activating group) is 1. The molecule has 24 heavy (non-hydrogen) atoms. The van der Waals surface area contributed by atoms with Gasteiger partial charge in [0, 0.05) is 50.8 Å². The zero-order chi connectivity index (χ0) is 17.5. The number of hydrogen-bond acceptors (Lipinski definition) is 4. The average molecular weight is 397 g/mol. The van der Waals surface area contributed by atoms with Gasteiger partial charge in [0.2, 0.25) is 0 Å². The summed E-state index contributed by atoms with van der Waals surface area (Å²) in [5.74, 6) is -1.24. The Kier molecular flexibility index (Phi) is 6.74. The molecule has 0 atom stereocenters. The average Bonchev–Trinajstić information content (AvgIpc) is 2.61. The van der Waals surface area contributed by atoms with E-state index in [2.05, 4.69) is 31.5 Å². The predicted octanol–water partition coefficient (Wildman–Crippen LogP) is 0.0691. The van der Waals surface area contributed by atoms with Crippen molar-refractivity contribution < 1.29 is 14.4 Å². The molecule has 1 heterocycles. The summed E-state index contributed by atoms with van der Waals surface area (Å²) in [7, 11) is 1.42. The smallest absolute Gasteiger partial charge is 0.309 e. The number of halogens is 1. The van der Waals surface area contributed by atoms with Crippen LogP contribution in [0.5, 0.6) is 0 Å². The van der Waals surface area contributed by atoms with Crippen molar-refractivity contribution in [2.75, 3.05) is 46.3 Å². The van der Waals surface area contributed by atoms with Crippen LogP contribution < -0.4 is 10.6 Å². The summed E-state index contributed by atoms with van der Waals surface area (Å²) in [5, 5.41) is 4.85. The van der Waals surface area contributed by atoms with Gasteiger partial charge >= 0.3 is 11.8 Å². The van der Waals surface area contributed by atoms with Crippen LogP contribution in [0, 0.1) is 0 Å². The Morgan fingerprint density at radius 1 is 1.08 bits per heavy atom. The molecular weight excluding hydrogens is 376 g/mol. The summed E-state index contributed by atoms with van der Waals surface area (Å²) in [6.45, 7) is 3.83. The highest BCUT2D eigenvalue weighted by atomic mass is 79.9. The molecule has 1 aliphatic rings. The van der Waals surface area contributed by atoms with Crippen LogP contribution in [0.3, 0.4) is 0 Å². The number of rotatable bonds is 4. The molecule has 3 amide bonds. The first-order chi connectivity index (χ1) is 11.5. The Labute approximate surface area is 149 Å². The number of benzene rings is 1. The van der Waals surface area contributed by atoms with Crippen LogP contribution in [0.4, 0.5) is 0 Å². The number of carbonyl (C=O) groups is 3. The third kappa shape index (κ3) is 4.78. The standard InChI is InChI=1S/C16H21BrN4O3/c1-18-14(22)15(23)19-6-7-20-8-10-21(11-9-20)16(24)12-4-2-3-5-13(12)17/h2-5H,6-11H2,1H3,(H,18,22)(H,19,23). The summed E-state index contributed by atoms with van der Waals surface area (Å²) >= 11 is 3.41. The Balaban J connectivity index is 1.75. The highest BCUT2D eigenvalue weighted by Gasteiger charge is 2.23. The van der Waals surface area contributed by atoms with E-state index in [0.717, 1.165) is 17.6 Å². The molecule has 1 aromatic carbocycles. The van der Waals surface area contributed by atoms with Crippen LogP contribution in [-0.2, 0) is 9.59 Å². The van der Waals surface area contributed by atoms with Crippen molar-refractivity contribution in [2.45, 2.75) is 0 Å². The summed E-state index contributed by atoms with van der Waals surface area (Å²) < 4.78 is 0.800. The van der Waals surface area contributed by atoms with Gasteiger partial charge in [-0.2, -0.15) is 0 Å². The lowest BCUT2D eigenvalue weighted by Crippen LogP contribution is -2.50. The van der Waals surface area contributed by atoms with Crippen LogP contribution in [0.2, 0.25) is 0 Å². The number of nitrogens with one attached hydrogen (secondary N) is 2. The van der Waals surface area contributed by atoms with Crippen LogP contribution in [0.15, 0.2) is 28.7 Å². The van der Waals surface area contributed by atoms with E-state index >= 15 is 0 Å². The van der Waals surface area contributed by atoms with Crippen LogP contribution in [0.25, 0.3) is 0 Å². The van der Waals surface area contributed by atoms with E-state index in [4.69, 9.17) is 0 Å². The fourth-order valence-corrected chi connectivity index (χ4v) is 2.96. The molecule has 130 valence electrons. The molecule has 0 saturated carbocycles. The minimum Gasteiger partial charge on any atom is -0.351 e. The second-order valence-electron chi connectivity index (χ2n) is 5.45. The van der Waals surface area contributed by atoms with Gasteiger partial charge in [-0.05, 0) is 28.1 Å². The van der Waals surface area contributed by atoms with Gasteiger partial charge in [0.25, 0.3) is 5.91 Å². The Morgan fingerprint density at radius 2 is 1.75 bits per heavy atom. The van der Waals surface area contributed by atoms with Crippen LogP contribution in [0.1, 0.15) is 10.4 Å². The maximum atomic E-state index is 12.5. The molecule has 2 rings (SSSR count). The largest absolute Gasteiger partial charge is 0.351 e. The molecule has 0 spiro atoms. The Bertz CT molecular complexity index is 615. The van der Waals surface area contributed by atoms with Crippen molar-refractivity contribution in [3.63, 3.8) is 0 Å². The lowest BCUT2D eigenvalue weighted by molar-refractivity contribution is -0.138. The third-order valence-electron chi connectivity index (χ3n) is 3.91. The number of hydrogen-bond donors (Lipinski definition) is 2. The molecule has 0 bridgehead atoms. The van der Waals surface area contributed by atoms with Crippen molar-refractivity contribution in [2.24, 2.45) is 0 Å². The first kappa shape index (κ1) is 18.4. The molecule has 8 heteroatoms. The number of nitrogens with zero attached hydrogens (tertiary/aromatic N) is 2. The molecule has 0 unspecified atom stereocenters. The van der Waals surface area contributed by atoms with Gasteiger partial charge < -0.3 is 15.5 Å². The molecule has 2 N–H and O–H groups in total. The maximum absolute atomic E-state index is 12.5.